The summed E-state index contributed by atoms with van der Waals surface area (Å²) in [6.45, 7) is 1.57. The fraction of sp³-hybridized carbons (Fsp3) is 0.300. The Morgan fingerprint density at radius 3 is 2.69 bits per heavy atom. The van der Waals surface area contributed by atoms with Crippen LogP contribution in [0.4, 0.5) is 5.69 Å². The summed E-state index contributed by atoms with van der Waals surface area (Å²) in [5.74, 6) is -1.26. The van der Waals surface area contributed by atoms with Crippen LogP contribution in [0.15, 0.2) is 18.3 Å². The summed E-state index contributed by atoms with van der Waals surface area (Å²) in [6, 6.07) is 2.54. The standard InChI is InChI=1S/C10H13N3O3/c1-6(11)10(16)13-8-3-2-7(12-5-8)4-9(14)15/h2-3,5-6H,4,11H2,1H3,(H,13,16)(H,14,15). The summed E-state index contributed by atoms with van der Waals surface area (Å²) in [4.78, 5) is 25.5. The Kier molecular flexibility index (Phi) is 3.96. The number of nitrogens with zero attached hydrogens (tertiary/aromatic N) is 1. The molecule has 1 rings (SSSR count). The van der Waals surface area contributed by atoms with Gasteiger partial charge in [0.05, 0.1) is 30.0 Å². The molecule has 0 radical (unpaired) electrons. The number of pyridine rings is 1. The quantitative estimate of drug-likeness (QED) is 0.666. The molecule has 86 valence electrons. The average molecular weight is 223 g/mol. The molecule has 1 aromatic rings. The minimum Gasteiger partial charge on any atom is -0.481 e. The van der Waals surface area contributed by atoms with Crippen molar-refractivity contribution in [3.63, 3.8) is 0 Å². The van der Waals surface area contributed by atoms with E-state index in [-0.39, 0.29) is 12.3 Å². The number of amides is 1. The lowest BCUT2D eigenvalue weighted by Gasteiger charge is -2.07. The number of hydrogen-bond donors (Lipinski definition) is 3. The van der Waals surface area contributed by atoms with Gasteiger partial charge in [0.15, 0.2) is 0 Å². The van der Waals surface area contributed by atoms with Gasteiger partial charge in [-0.3, -0.25) is 14.6 Å². The van der Waals surface area contributed by atoms with Crippen LogP contribution in [0.3, 0.4) is 0 Å². The van der Waals surface area contributed by atoms with Crippen molar-refractivity contribution >= 4 is 17.6 Å². The fourth-order valence-electron chi connectivity index (χ4n) is 1.01. The van der Waals surface area contributed by atoms with Crippen LogP contribution in [-0.4, -0.2) is 28.0 Å². The van der Waals surface area contributed by atoms with Crippen LogP contribution in [0.25, 0.3) is 0 Å². The van der Waals surface area contributed by atoms with Gasteiger partial charge in [-0.1, -0.05) is 0 Å². The molecule has 0 saturated heterocycles. The zero-order chi connectivity index (χ0) is 12.1. The molecule has 0 aliphatic rings. The molecule has 0 spiro atoms. The lowest BCUT2D eigenvalue weighted by atomic mass is 10.2. The molecule has 0 saturated carbocycles. The number of anilines is 1. The van der Waals surface area contributed by atoms with Crippen molar-refractivity contribution in [3.8, 4) is 0 Å². The number of carbonyl (C=O) groups is 2. The smallest absolute Gasteiger partial charge is 0.309 e. The summed E-state index contributed by atoms with van der Waals surface area (Å²) in [5.41, 5.74) is 6.30. The van der Waals surface area contributed by atoms with E-state index in [2.05, 4.69) is 10.3 Å². The molecule has 0 aliphatic carbocycles. The lowest BCUT2D eigenvalue weighted by molar-refractivity contribution is -0.136. The minimum atomic E-state index is -0.945. The molecular formula is C10H13N3O3. The van der Waals surface area contributed by atoms with Crippen LogP contribution in [-0.2, 0) is 16.0 Å². The van der Waals surface area contributed by atoms with Gasteiger partial charge in [-0.05, 0) is 19.1 Å². The number of hydrogen-bond acceptors (Lipinski definition) is 4. The third-order valence-electron chi connectivity index (χ3n) is 1.84. The highest BCUT2D eigenvalue weighted by Crippen LogP contribution is 2.06. The van der Waals surface area contributed by atoms with Crippen molar-refractivity contribution in [2.75, 3.05) is 5.32 Å². The Balaban J connectivity index is 2.64. The topological polar surface area (TPSA) is 105 Å². The number of carboxylic acids is 1. The summed E-state index contributed by atoms with van der Waals surface area (Å²) < 4.78 is 0. The maximum atomic E-state index is 11.2. The minimum absolute atomic E-state index is 0.137. The molecule has 0 aliphatic heterocycles. The van der Waals surface area contributed by atoms with Gasteiger partial charge < -0.3 is 16.2 Å². The second-order valence-corrected chi connectivity index (χ2v) is 3.39. The monoisotopic (exact) mass is 223 g/mol. The highest BCUT2D eigenvalue weighted by Gasteiger charge is 2.08. The number of aliphatic carboxylic acids is 1. The van der Waals surface area contributed by atoms with Gasteiger partial charge in [-0.15, -0.1) is 0 Å². The van der Waals surface area contributed by atoms with Crippen LogP contribution >= 0.6 is 0 Å². The predicted octanol–water partition coefficient (Wildman–Crippen LogP) is -0.00560. The van der Waals surface area contributed by atoms with E-state index < -0.39 is 12.0 Å². The average Bonchev–Trinajstić information content (AvgIpc) is 2.20. The summed E-state index contributed by atoms with van der Waals surface area (Å²) in [6.07, 6.45) is 1.26. The van der Waals surface area contributed by atoms with Crippen molar-refractivity contribution < 1.29 is 14.7 Å². The summed E-state index contributed by atoms with van der Waals surface area (Å²) in [7, 11) is 0. The zero-order valence-electron chi connectivity index (χ0n) is 8.80. The number of aromatic nitrogens is 1. The third kappa shape index (κ3) is 3.66. The van der Waals surface area contributed by atoms with E-state index in [1.807, 2.05) is 0 Å². The Bertz CT molecular complexity index is 387. The molecule has 6 heteroatoms. The predicted molar refractivity (Wildman–Crippen MR) is 57.9 cm³/mol. The molecule has 1 unspecified atom stereocenters. The molecular weight excluding hydrogens is 210 g/mol. The molecule has 6 nitrogen and oxygen atoms in total. The Morgan fingerprint density at radius 2 is 2.25 bits per heavy atom. The van der Waals surface area contributed by atoms with E-state index in [4.69, 9.17) is 10.8 Å². The number of nitrogens with two attached hydrogens (primary N) is 1. The largest absolute Gasteiger partial charge is 0.481 e. The molecule has 0 bridgehead atoms. The first-order chi connectivity index (χ1) is 7.49. The van der Waals surface area contributed by atoms with Crippen LogP contribution in [0.5, 0.6) is 0 Å². The van der Waals surface area contributed by atoms with Crippen molar-refractivity contribution in [3.05, 3.63) is 24.0 Å². The molecule has 4 N–H and O–H groups in total. The maximum absolute atomic E-state index is 11.2. The molecule has 0 aromatic carbocycles. The maximum Gasteiger partial charge on any atom is 0.309 e. The van der Waals surface area contributed by atoms with Crippen molar-refractivity contribution in [1.82, 2.24) is 4.98 Å². The van der Waals surface area contributed by atoms with Crippen molar-refractivity contribution in [1.29, 1.82) is 0 Å². The van der Waals surface area contributed by atoms with Gasteiger partial charge in [0.1, 0.15) is 0 Å². The lowest BCUT2D eigenvalue weighted by Crippen LogP contribution is -2.32. The number of carbonyl (C=O) groups excluding carboxylic acids is 1. The van der Waals surface area contributed by atoms with E-state index in [1.165, 1.54) is 6.20 Å². The van der Waals surface area contributed by atoms with Crippen molar-refractivity contribution in [2.45, 2.75) is 19.4 Å². The van der Waals surface area contributed by atoms with Gasteiger partial charge in [-0.25, -0.2) is 0 Å². The first-order valence-corrected chi connectivity index (χ1v) is 4.72. The van der Waals surface area contributed by atoms with E-state index in [1.54, 1.807) is 19.1 Å². The molecule has 16 heavy (non-hydrogen) atoms. The molecule has 1 atom stereocenters. The summed E-state index contributed by atoms with van der Waals surface area (Å²) >= 11 is 0. The molecule has 1 amide bonds. The van der Waals surface area contributed by atoms with Gasteiger partial charge in [-0.2, -0.15) is 0 Å². The first-order valence-electron chi connectivity index (χ1n) is 4.72. The van der Waals surface area contributed by atoms with E-state index in [0.29, 0.717) is 11.4 Å². The van der Waals surface area contributed by atoms with Crippen LogP contribution in [0, 0.1) is 0 Å². The van der Waals surface area contributed by atoms with Gasteiger partial charge in [0, 0.05) is 0 Å². The van der Waals surface area contributed by atoms with Crippen LogP contribution in [0.1, 0.15) is 12.6 Å². The Labute approximate surface area is 92.5 Å². The van der Waals surface area contributed by atoms with Gasteiger partial charge in [0.2, 0.25) is 5.91 Å². The highest BCUT2D eigenvalue weighted by atomic mass is 16.4. The van der Waals surface area contributed by atoms with Crippen LogP contribution < -0.4 is 11.1 Å². The second kappa shape index (κ2) is 5.22. The highest BCUT2D eigenvalue weighted by molar-refractivity contribution is 5.94. The third-order valence-corrected chi connectivity index (χ3v) is 1.84. The van der Waals surface area contributed by atoms with E-state index >= 15 is 0 Å². The normalized spacial score (nSPS) is 11.9. The number of nitrogens with one attached hydrogen (secondary N) is 1. The Hall–Kier alpha value is -1.95. The number of rotatable bonds is 4. The van der Waals surface area contributed by atoms with Gasteiger partial charge in [0.25, 0.3) is 0 Å². The second-order valence-electron chi connectivity index (χ2n) is 3.39. The molecule has 0 fully saturated rings. The first kappa shape index (κ1) is 12.1. The molecule has 1 heterocycles. The SMILES string of the molecule is CC(N)C(=O)Nc1ccc(CC(=O)O)nc1. The van der Waals surface area contributed by atoms with Crippen LogP contribution in [0.2, 0.25) is 0 Å². The van der Waals surface area contributed by atoms with E-state index in [0.717, 1.165) is 0 Å². The van der Waals surface area contributed by atoms with Crippen molar-refractivity contribution in [2.24, 2.45) is 5.73 Å². The fourth-order valence-corrected chi connectivity index (χ4v) is 1.01. The number of carboxylic acid groups (broad SMARTS) is 1. The summed E-state index contributed by atoms with van der Waals surface area (Å²) in [5, 5.41) is 11.1. The Morgan fingerprint density at radius 1 is 1.56 bits per heavy atom. The molecule has 1 aromatic heterocycles. The van der Waals surface area contributed by atoms with Gasteiger partial charge >= 0.3 is 5.97 Å². The zero-order valence-corrected chi connectivity index (χ0v) is 8.80. The van der Waals surface area contributed by atoms with E-state index in [9.17, 15) is 9.59 Å².